The Morgan fingerprint density at radius 3 is 2.48 bits per heavy atom. The maximum Gasteiger partial charge on any atom is 0.264 e. The Labute approximate surface area is 148 Å². The third-order valence-electron chi connectivity index (χ3n) is 4.22. The van der Waals surface area contributed by atoms with Gasteiger partial charge in [-0.1, -0.05) is 32.0 Å². The number of hydrogen-bond acceptors (Lipinski definition) is 3. The van der Waals surface area contributed by atoms with Crippen molar-refractivity contribution >= 4 is 21.6 Å². The zero-order chi connectivity index (χ0) is 18.0. The minimum absolute atomic E-state index is 0.191. The van der Waals surface area contributed by atoms with Gasteiger partial charge in [0, 0.05) is 18.7 Å². The summed E-state index contributed by atoms with van der Waals surface area (Å²) in [5.41, 5.74) is 2.23. The van der Waals surface area contributed by atoms with Gasteiger partial charge in [0.15, 0.2) is 0 Å². The number of hydrogen-bond donors (Lipinski definition) is 1. The molecule has 25 heavy (non-hydrogen) atoms. The molecule has 1 N–H and O–H groups in total. The van der Waals surface area contributed by atoms with Crippen molar-refractivity contribution in [2.45, 2.75) is 25.2 Å². The molecule has 0 aliphatic carbocycles. The summed E-state index contributed by atoms with van der Waals surface area (Å²) in [5, 5.41) is 2.83. The summed E-state index contributed by atoms with van der Waals surface area (Å²) in [7, 11) is -3.62. The molecule has 0 saturated carbocycles. The number of rotatable bonds is 5. The molecule has 0 bridgehead atoms. The van der Waals surface area contributed by atoms with Crippen molar-refractivity contribution in [1.29, 1.82) is 0 Å². The van der Waals surface area contributed by atoms with Crippen LogP contribution in [0.25, 0.3) is 0 Å². The van der Waals surface area contributed by atoms with Crippen LogP contribution in [0.3, 0.4) is 0 Å². The zero-order valence-corrected chi connectivity index (χ0v) is 15.2. The summed E-state index contributed by atoms with van der Waals surface area (Å²) in [6.45, 7) is 5.06. The number of para-hydroxylation sites is 1. The van der Waals surface area contributed by atoms with Crippen LogP contribution in [0.2, 0.25) is 0 Å². The Balaban J connectivity index is 1.81. The van der Waals surface area contributed by atoms with Gasteiger partial charge in [-0.05, 0) is 48.2 Å². The monoisotopic (exact) mass is 358 g/mol. The maximum atomic E-state index is 12.9. The quantitative estimate of drug-likeness (QED) is 0.894. The average molecular weight is 358 g/mol. The van der Waals surface area contributed by atoms with Crippen LogP contribution in [0.5, 0.6) is 0 Å². The van der Waals surface area contributed by atoms with Gasteiger partial charge in [0.25, 0.3) is 15.9 Å². The number of carbonyl (C=O) groups is 1. The molecule has 0 fully saturated rings. The molecule has 2 aromatic rings. The fourth-order valence-electron chi connectivity index (χ4n) is 2.86. The summed E-state index contributed by atoms with van der Waals surface area (Å²) >= 11 is 0. The van der Waals surface area contributed by atoms with E-state index >= 15 is 0 Å². The second kappa shape index (κ2) is 6.88. The Hall–Kier alpha value is -2.34. The Kier molecular flexibility index (Phi) is 4.81. The van der Waals surface area contributed by atoms with Gasteiger partial charge in [0.05, 0.1) is 10.6 Å². The summed E-state index contributed by atoms with van der Waals surface area (Å²) in [4.78, 5) is 12.3. The highest BCUT2D eigenvalue weighted by Crippen LogP contribution is 2.32. The van der Waals surface area contributed by atoms with Gasteiger partial charge in [0.2, 0.25) is 0 Å². The van der Waals surface area contributed by atoms with Crippen molar-refractivity contribution in [2.24, 2.45) is 5.92 Å². The maximum absolute atomic E-state index is 12.9. The molecule has 1 heterocycles. The Morgan fingerprint density at radius 1 is 1.12 bits per heavy atom. The Morgan fingerprint density at radius 2 is 1.80 bits per heavy atom. The lowest BCUT2D eigenvalue weighted by molar-refractivity contribution is 0.0949. The predicted molar refractivity (Wildman–Crippen MR) is 98.3 cm³/mol. The first-order chi connectivity index (χ1) is 11.9. The molecule has 1 aliphatic rings. The van der Waals surface area contributed by atoms with Crippen molar-refractivity contribution in [3.05, 3.63) is 59.7 Å². The molecule has 5 nitrogen and oxygen atoms in total. The number of nitrogens with one attached hydrogen (secondary N) is 1. The molecule has 6 heteroatoms. The number of nitrogens with zero attached hydrogens (tertiary/aromatic N) is 1. The second-order valence-corrected chi connectivity index (χ2v) is 8.45. The van der Waals surface area contributed by atoms with Crippen LogP contribution < -0.4 is 9.62 Å². The van der Waals surface area contributed by atoms with Crippen LogP contribution in [0.4, 0.5) is 5.69 Å². The molecular weight excluding hydrogens is 336 g/mol. The smallest absolute Gasteiger partial charge is 0.264 e. The summed E-state index contributed by atoms with van der Waals surface area (Å²) < 4.78 is 27.3. The van der Waals surface area contributed by atoms with Crippen molar-refractivity contribution < 1.29 is 13.2 Å². The topological polar surface area (TPSA) is 66.5 Å². The van der Waals surface area contributed by atoms with Gasteiger partial charge in [-0.3, -0.25) is 9.10 Å². The van der Waals surface area contributed by atoms with E-state index < -0.39 is 10.0 Å². The molecule has 0 saturated heterocycles. The molecule has 132 valence electrons. The van der Waals surface area contributed by atoms with Gasteiger partial charge in [-0.25, -0.2) is 8.42 Å². The zero-order valence-electron chi connectivity index (χ0n) is 14.4. The summed E-state index contributed by atoms with van der Waals surface area (Å²) in [6, 6.07) is 13.7. The highest BCUT2D eigenvalue weighted by molar-refractivity contribution is 7.92. The largest absolute Gasteiger partial charge is 0.352 e. The third kappa shape index (κ3) is 3.54. The molecule has 0 atom stereocenters. The number of fused-ring (bicyclic) bond motifs is 1. The highest BCUT2D eigenvalue weighted by atomic mass is 32.2. The predicted octanol–water partition coefficient (Wildman–Crippen LogP) is 2.82. The minimum Gasteiger partial charge on any atom is -0.352 e. The summed E-state index contributed by atoms with van der Waals surface area (Å²) in [6.07, 6.45) is 0.713. The highest BCUT2D eigenvalue weighted by Gasteiger charge is 2.30. The molecule has 0 aromatic heterocycles. The molecular formula is C19H22N2O3S. The van der Waals surface area contributed by atoms with E-state index in [1.54, 1.807) is 12.1 Å². The number of carbonyl (C=O) groups excluding carboxylic acids is 1. The SMILES string of the molecule is CC(C)CNC(=O)c1ccc(S(=O)(=O)N2CCc3ccccc32)cc1. The van der Waals surface area contributed by atoms with Gasteiger partial charge < -0.3 is 5.32 Å². The number of anilines is 1. The van der Waals surface area contributed by atoms with Gasteiger partial charge in [-0.15, -0.1) is 0 Å². The van der Waals surface area contributed by atoms with Gasteiger partial charge in [-0.2, -0.15) is 0 Å². The van der Waals surface area contributed by atoms with Crippen molar-refractivity contribution in [2.75, 3.05) is 17.4 Å². The van der Waals surface area contributed by atoms with Crippen LogP contribution in [-0.2, 0) is 16.4 Å². The van der Waals surface area contributed by atoms with Gasteiger partial charge >= 0.3 is 0 Å². The molecule has 1 aliphatic heterocycles. The number of amides is 1. The van der Waals surface area contributed by atoms with E-state index in [0.717, 1.165) is 11.3 Å². The first-order valence-corrected chi connectivity index (χ1v) is 9.82. The van der Waals surface area contributed by atoms with Gasteiger partial charge in [0.1, 0.15) is 0 Å². The number of benzene rings is 2. The van der Waals surface area contributed by atoms with E-state index in [4.69, 9.17) is 0 Å². The lowest BCUT2D eigenvalue weighted by atomic mass is 10.2. The fraction of sp³-hybridized carbons (Fsp3) is 0.316. The normalized spacial score (nSPS) is 13.8. The van der Waals surface area contributed by atoms with Crippen molar-refractivity contribution in [3.63, 3.8) is 0 Å². The minimum atomic E-state index is -3.62. The van der Waals surface area contributed by atoms with E-state index in [1.807, 2.05) is 38.1 Å². The van der Waals surface area contributed by atoms with Crippen molar-refractivity contribution in [3.8, 4) is 0 Å². The molecule has 3 rings (SSSR count). The van der Waals surface area contributed by atoms with Crippen LogP contribution in [0.15, 0.2) is 53.4 Å². The number of sulfonamides is 1. The first kappa shape index (κ1) is 17.5. The van der Waals surface area contributed by atoms with Crippen LogP contribution >= 0.6 is 0 Å². The lowest BCUT2D eigenvalue weighted by Gasteiger charge is -2.19. The molecule has 0 unspecified atom stereocenters. The molecule has 1 amide bonds. The van der Waals surface area contributed by atoms with Crippen molar-refractivity contribution in [1.82, 2.24) is 5.32 Å². The van der Waals surface area contributed by atoms with E-state index in [2.05, 4.69) is 5.32 Å². The average Bonchev–Trinajstić information content (AvgIpc) is 3.04. The van der Waals surface area contributed by atoms with E-state index in [0.29, 0.717) is 31.0 Å². The lowest BCUT2D eigenvalue weighted by Crippen LogP contribution is -2.29. The standard InChI is InChI=1S/C19H22N2O3S/c1-14(2)13-20-19(22)16-7-9-17(10-8-16)25(23,24)21-12-11-15-5-3-4-6-18(15)21/h3-10,14H,11-13H2,1-2H3,(H,20,22). The third-order valence-corrected chi connectivity index (χ3v) is 6.05. The summed E-state index contributed by atoms with van der Waals surface area (Å²) in [5.74, 6) is 0.169. The van der Waals surface area contributed by atoms with Crippen LogP contribution in [0.1, 0.15) is 29.8 Å². The van der Waals surface area contributed by atoms with Crippen LogP contribution in [-0.4, -0.2) is 27.4 Å². The fourth-order valence-corrected chi connectivity index (χ4v) is 4.37. The molecule has 0 radical (unpaired) electrons. The molecule has 2 aromatic carbocycles. The van der Waals surface area contributed by atoms with E-state index in [1.165, 1.54) is 16.4 Å². The molecule has 0 spiro atoms. The second-order valence-electron chi connectivity index (χ2n) is 6.58. The van der Waals surface area contributed by atoms with E-state index in [-0.39, 0.29) is 10.8 Å². The Bertz CT molecular complexity index is 874. The van der Waals surface area contributed by atoms with Crippen LogP contribution in [0, 0.1) is 5.92 Å². The first-order valence-electron chi connectivity index (χ1n) is 8.38. The van der Waals surface area contributed by atoms with E-state index in [9.17, 15) is 13.2 Å².